The van der Waals surface area contributed by atoms with Crippen molar-refractivity contribution in [1.29, 1.82) is 0 Å². The molecule has 0 unspecified atom stereocenters. The maximum Gasteiger partial charge on any atom is 0.255 e. The van der Waals surface area contributed by atoms with Crippen LogP contribution in [0.2, 0.25) is 0 Å². The summed E-state index contributed by atoms with van der Waals surface area (Å²) in [6.07, 6.45) is 1.12. The Labute approximate surface area is 125 Å². The Hall–Kier alpha value is -1.01. The van der Waals surface area contributed by atoms with Crippen LogP contribution in [0.4, 0.5) is 4.39 Å². The van der Waals surface area contributed by atoms with Crippen LogP contribution in [0.25, 0.3) is 0 Å². The van der Waals surface area contributed by atoms with E-state index in [2.05, 4.69) is 21.2 Å². The van der Waals surface area contributed by atoms with Gasteiger partial charge in [-0.25, -0.2) is 4.39 Å². The number of nitrogens with one attached hydrogen (secondary N) is 1. The summed E-state index contributed by atoms with van der Waals surface area (Å²) >= 11 is 8.16. The summed E-state index contributed by atoms with van der Waals surface area (Å²) in [6, 6.07) is 4.28. The predicted molar refractivity (Wildman–Crippen MR) is 81.7 cm³/mol. The molecule has 0 radical (unpaired) electrons. The molecule has 0 saturated carbocycles. The molecule has 1 aromatic rings. The topological polar surface area (TPSA) is 55.1 Å². The maximum absolute atomic E-state index is 13.7. The summed E-state index contributed by atoms with van der Waals surface area (Å²) in [4.78, 5) is 12.3. The first kappa shape index (κ1) is 16.0. The zero-order valence-corrected chi connectivity index (χ0v) is 13.2. The summed E-state index contributed by atoms with van der Waals surface area (Å²) in [5.41, 5.74) is 4.90. The molecule has 0 aromatic heterocycles. The van der Waals surface area contributed by atoms with E-state index in [0.29, 0.717) is 17.3 Å². The molecule has 1 amide bonds. The van der Waals surface area contributed by atoms with Crippen LogP contribution in [0.5, 0.6) is 0 Å². The standard InChI is InChI=1S/C13H16BrFN2OS/c1-3-13(4-2,12(16)19)17-11(18)9-6-5-8(14)7-10(9)15/h5-7H,3-4H2,1-2H3,(H2,16,19)(H,17,18). The fourth-order valence-electron chi connectivity index (χ4n) is 1.80. The highest BCUT2D eigenvalue weighted by Crippen LogP contribution is 2.19. The number of hydrogen-bond donors (Lipinski definition) is 2. The fourth-order valence-corrected chi connectivity index (χ4v) is 2.47. The number of halogens is 2. The summed E-state index contributed by atoms with van der Waals surface area (Å²) < 4.78 is 14.3. The van der Waals surface area contributed by atoms with Crippen LogP contribution in [0.15, 0.2) is 22.7 Å². The van der Waals surface area contributed by atoms with Crippen LogP contribution in [0.1, 0.15) is 37.0 Å². The Morgan fingerprint density at radius 3 is 2.47 bits per heavy atom. The molecule has 1 aromatic carbocycles. The lowest BCUT2D eigenvalue weighted by Crippen LogP contribution is -2.56. The molecule has 104 valence electrons. The second-order valence-electron chi connectivity index (χ2n) is 4.23. The van der Waals surface area contributed by atoms with Crippen LogP contribution in [-0.2, 0) is 0 Å². The van der Waals surface area contributed by atoms with Gasteiger partial charge in [-0.1, -0.05) is 42.0 Å². The van der Waals surface area contributed by atoms with Gasteiger partial charge >= 0.3 is 0 Å². The SMILES string of the molecule is CCC(CC)(NC(=O)c1ccc(Br)cc1F)C(N)=S. The second kappa shape index (κ2) is 6.43. The third kappa shape index (κ3) is 3.51. The fraction of sp³-hybridized carbons (Fsp3) is 0.385. The zero-order chi connectivity index (χ0) is 14.6. The monoisotopic (exact) mass is 346 g/mol. The molecule has 0 atom stereocenters. The van der Waals surface area contributed by atoms with Crippen molar-refractivity contribution < 1.29 is 9.18 Å². The number of amides is 1. The molecule has 0 saturated heterocycles. The molecule has 3 N–H and O–H groups in total. The summed E-state index contributed by atoms with van der Waals surface area (Å²) in [7, 11) is 0. The van der Waals surface area contributed by atoms with E-state index >= 15 is 0 Å². The van der Waals surface area contributed by atoms with Gasteiger partial charge in [0.25, 0.3) is 5.91 Å². The van der Waals surface area contributed by atoms with Crippen molar-refractivity contribution in [3.63, 3.8) is 0 Å². The van der Waals surface area contributed by atoms with E-state index < -0.39 is 17.3 Å². The molecule has 0 aliphatic heterocycles. The Morgan fingerprint density at radius 2 is 2.05 bits per heavy atom. The van der Waals surface area contributed by atoms with E-state index in [1.54, 1.807) is 6.07 Å². The quantitative estimate of drug-likeness (QED) is 0.805. The van der Waals surface area contributed by atoms with Crippen molar-refractivity contribution in [1.82, 2.24) is 5.32 Å². The molecule has 0 aliphatic rings. The van der Waals surface area contributed by atoms with Gasteiger partial charge in [0.05, 0.1) is 16.1 Å². The summed E-state index contributed by atoms with van der Waals surface area (Å²) in [5.74, 6) is -1.10. The van der Waals surface area contributed by atoms with E-state index in [-0.39, 0.29) is 10.6 Å². The minimum absolute atomic E-state index is 0.0225. The largest absolute Gasteiger partial charge is 0.391 e. The van der Waals surface area contributed by atoms with Crippen molar-refractivity contribution in [2.45, 2.75) is 32.2 Å². The number of hydrogen-bond acceptors (Lipinski definition) is 2. The van der Waals surface area contributed by atoms with Gasteiger partial charge in [0.1, 0.15) is 5.82 Å². The Kier molecular flexibility index (Phi) is 5.43. The smallest absolute Gasteiger partial charge is 0.255 e. The molecule has 19 heavy (non-hydrogen) atoms. The third-order valence-corrected chi connectivity index (χ3v) is 4.09. The van der Waals surface area contributed by atoms with Crippen molar-refractivity contribution in [2.75, 3.05) is 0 Å². The molecule has 1 rings (SSSR count). The third-order valence-electron chi connectivity index (χ3n) is 3.21. The predicted octanol–water partition coefficient (Wildman–Crippen LogP) is 3.16. The minimum Gasteiger partial charge on any atom is -0.391 e. The lowest BCUT2D eigenvalue weighted by atomic mass is 9.92. The number of thiocarbonyl (C=S) groups is 1. The molecule has 3 nitrogen and oxygen atoms in total. The van der Waals surface area contributed by atoms with Gasteiger partial charge in [0.2, 0.25) is 0 Å². The average molecular weight is 347 g/mol. The molecular formula is C13H16BrFN2OS. The van der Waals surface area contributed by atoms with Crippen molar-refractivity contribution in [3.8, 4) is 0 Å². The maximum atomic E-state index is 13.7. The molecule has 0 fully saturated rings. The van der Waals surface area contributed by atoms with E-state index in [0.717, 1.165) is 0 Å². The number of carbonyl (C=O) groups excluding carboxylic acids is 1. The van der Waals surface area contributed by atoms with Gasteiger partial charge in [-0.05, 0) is 31.0 Å². The van der Waals surface area contributed by atoms with Crippen molar-refractivity contribution in [2.24, 2.45) is 5.73 Å². The highest BCUT2D eigenvalue weighted by molar-refractivity contribution is 9.10. The van der Waals surface area contributed by atoms with Crippen LogP contribution in [0.3, 0.4) is 0 Å². The average Bonchev–Trinajstić information content (AvgIpc) is 2.35. The first-order valence-electron chi connectivity index (χ1n) is 5.93. The molecule has 0 aliphatic carbocycles. The van der Waals surface area contributed by atoms with Gasteiger partial charge in [0, 0.05) is 4.47 Å². The molecule has 0 spiro atoms. The van der Waals surface area contributed by atoms with E-state index in [9.17, 15) is 9.18 Å². The second-order valence-corrected chi connectivity index (χ2v) is 5.59. The lowest BCUT2D eigenvalue weighted by molar-refractivity contribution is 0.0915. The van der Waals surface area contributed by atoms with Gasteiger partial charge in [-0.3, -0.25) is 4.79 Å². The first-order valence-corrected chi connectivity index (χ1v) is 7.14. The molecule has 6 heteroatoms. The highest BCUT2D eigenvalue weighted by atomic mass is 79.9. The molecule has 0 bridgehead atoms. The van der Waals surface area contributed by atoms with Crippen LogP contribution < -0.4 is 11.1 Å². The number of carbonyl (C=O) groups is 1. The molecule has 0 heterocycles. The Balaban J connectivity index is 3.04. The normalized spacial score (nSPS) is 11.2. The zero-order valence-electron chi connectivity index (χ0n) is 10.8. The lowest BCUT2D eigenvalue weighted by Gasteiger charge is -2.31. The Morgan fingerprint density at radius 1 is 1.47 bits per heavy atom. The Bertz CT molecular complexity index is 503. The van der Waals surface area contributed by atoms with Gasteiger partial charge in [-0.15, -0.1) is 0 Å². The number of rotatable bonds is 5. The first-order chi connectivity index (χ1) is 8.86. The van der Waals surface area contributed by atoms with E-state index in [1.165, 1.54) is 12.1 Å². The number of nitrogens with two attached hydrogens (primary N) is 1. The van der Waals surface area contributed by atoms with Crippen molar-refractivity contribution >= 4 is 39.0 Å². The molecular weight excluding hydrogens is 331 g/mol. The van der Waals surface area contributed by atoms with E-state index in [1.807, 2.05) is 13.8 Å². The van der Waals surface area contributed by atoms with Gasteiger partial charge in [0.15, 0.2) is 0 Å². The van der Waals surface area contributed by atoms with Crippen LogP contribution in [0, 0.1) is 5.82 Å². The van der Waals surface area contributed by atoms with Gasteiger partial charge in [-0.2, -0.15) is 0 Å². The highest BCUT2D eigenvalue weighted by Gasteiger charge is 2.32. The summed E-state index contributed by atoms with van der Waals surface area (Å²) in [6.45, 7) is 3.75. The van der Waals surface area contributed by atoms with Gasteiger partial charge < -0.3 is 11.1 Å². The van der Waals surface area contributed by atoms with Crippen LogP contribution >= 0.6 is 28.1 Å². The van der Waals surface area contributed by atoms with E-state index in [4.69, 9.17) is 18.0 Å². The number of benzene rings is 1. The summed E-state index contributed by atoms with van der Waals surface area (Å²) in [5, 5.41) is 2.75. The minimum atomic E-state index is -0.772. The van der Waals surface area contributed by atoms with Crippen molar-refractivity contribution in [3.05, 3.63) is 34.1 Å². The van der Waals surface area contributed by atoms with Crippen LogP contribution in [-0.4, -0.2) is 16.4 Å².